The summed E-state index contributed by atoms with van der Waals surface area (Å²) in [4.78, 5) is 0. The van der Waals surface area contributed by atoms with E-state index in [1.54, 1.807) is 0 Å². The molecule has 2 rings (SSSR count). The van der Waals surface area contributed by atoms with Crippen molar-refractivity contribution in [3.8, 4) is 0 Å². The van der Waals surface area contributed by atoms with E-state index in [1.807, 2.05) is 23.9 Å². The minimum Gasteiger partial charge on any atom is -0.316 e. The lowest BCUT2D eigenvalue weighted by Gasteiger charge is -2.06. The third-order valence-electron chi connectivity index (χ3n) is 2.61. The molecule has 0 aliphatic carbocycles. The summed E-state index contributed by atoms with van der Waals surface area (Å²) in [6, 6.07) is 6.38. The Hall–Kier alpha value is -1.06. The molecule has 0 aliphatic heterocycles. The number of benzene rings is 1. The van der Waals surface area contributed by atoms with Crippen LogP contribution in [0.25, 0.3) is 10.9 Å². The molecule has 86 valence electrons. The average Bonchev–Trinajstić information content (AvgIpc) is 2.58. The fourth-order valence-electron chi connectivity index (χ4n) is 1.86. The van der Waals surface area contributed by atoms with Crippen LogP contribution in [0, 0.1) is 0 Å². The first-order valence-electron chi connectivity index (χ1n) is 5.45. The highest BCUT2D eigenvalue weighted by Gasteiger charge is 2.13. The molecule has 1 N–H and O–H groups in total. The lowest BCUT2D eigenvalue weighted by molar-refractivity contribution is 0.538. The normalized spacial score (nSPS) is 11.6. The Morgan fingerprint density at radius 3 is 2.81 bits per heavy atom. The van der Waals surface area contributed by atoms with E-state index in [9.17, 15) is 0 Å². The summed E-state index contributed by atoms with van der Waals surface area (Å²) in [5.74, 6) is 0. The van der Waals surface area contributed by atoms with Crippen molar-refractivity contribution in [3.05, 3.63) is 28.9 Å². The van der Waals surface area contributed by atoms with Crippen molar-refractivity contribution in [2.75, 3.05) is 7.05 Å². The summed E-state index contributed by atoms with van der Waals surface area (Å²) in [6.07, 6.45) is 0. The zero-order valence-electron chi connectivity index (χ0n) is 9.79. The van der Waals surface area contributed by atoms with Gasteiger partial charge in [0.2, 0.25) is 0 Å². The fraction of sp³-hybridized carbons (Fsp3) is 0.417. The number of rotatable bonds is 3. The number of halogens is 1. The maximum atomic E-state index is 6.37. The number of hydrogen-bond acceptors (Lipinski definition) is 2. The number of nitrogens with zero attached hydrogens (tertiary/aromatic N) is 2. The van der Waals surface area contributed by atoms with Gasteiger partial charge < -0.3 is 5.32 Å². The lowest BCUT2D eigenvalue weighted by atomic mass is 10.1. The molecule has 16 heavy (non-hydrogen) atoms. The van der Waals surface area contributed by atoms with E-state index < -0.39 is 0 Å². The molecule has 0 saturated carbocycles. The van der Waals surface area contributed by atoms with E-state index in [0.29, 0.717) is 0 Å². The van der Waals surface area contributed by atoms with Crippen LogP contribution in [0.4, 0.5) is 0 Å². The fourth-order valence-corrected chi connectivity index (χ4v) is 2.31. The topological polar surface area (TPSA) is 29.9 Å². The van der Waals surface area contributed by atoms with Crippen LogP contribution < -0.4 is 5.32 Å². The maximum absolute atomic E-state index is 6.37. The third-order valence-corrected chi connectivity index (χ3v) is 2.97. The van der Waals surface area contributed by atoms with Crippen LogP contribution in [0.15, 0.2) is 18.2 Å². The van der Waals surface area contributed by atoms with E-state index >= 15 is 0 Å². The first-order valence-corrected chi connectivity index (χ1v) is 5.83. The van der Waals surface area contributed by atoms with Crippen LogP contribution in [-0.4, -0.2) is 16.8 Å². The first-order chi connectivity index (χ1) is 7.65. The minimum atomic E-state index is 0.280. The number of nitrogens with one attached hydrogen (secondary N) is 1. The molecule has 0 atom stereocenters. The van der Waals surface area contributed by atoms with Gasteiger partial charge in [0.15, 0.2) is 0 Å². The van der Waals surface area contributed by atoms with Gasteiger partial charge in [-0.1, -0.05) is 23.7 Å². The molecule has 3 nitrogen and oxygen atoms in total. The number of fused-ring (bicyclic) bond motifs is 1. The second-order valence-corrected chi connectivity index (χ2v) is 4.53. The predicted octanol–water partition coefficient (Wildman–Crippen LogP) is 2.99. The van der Waals surface area contributed by atoms with Crippen molar-refractivity contribution >= 4 is 22.5 Å². The van der Waals surface area contributed by atoms with Gasteiger partial charge >= 0.3 is 0 Å². The Labute approximate surface area is 100 Å². The third kappa shape index (κ3) is 1.81. The van der Waals surface area contributed by atoms with E-state index in [-0.39, 0.29) is 6.04 Å². The molecule has 0 spiro atoms. The highest BCUT2D eigenvalue weighted by Crippen LogP contribution is 2.28. The van der Waals surface area contributed by atoms with E-state index in [0.717, 1.165) is 22.6 Å². The second kappa shape index (κ2) is 4.44. The molecular weight excluding hydrogens is 222 g/mol. The zero-order chi connectivity index (χ0) is 11.7. The summed E-state index contributed by atoms with van der Waals surface area (Å²) in [5, 5.41) is 9.45. The molecule has 2 aromatic rings. The molecular formula is C12H16ClN3. The van der Waals surface area contributed by atoms with Crippen LogP contribution in [-0.2, 0) is 6.54 Å². The zero-order valence-corrected chi connectivity index (χ0v) is 10.5. The Balaban J connectivity index is 2.67. The van der Waals surface area contributed by atoms with Crippen molar-refractivity contribution in [1.29, 1.82) is 0 Å². The summed E-state index contributed by atoms with van der Waals surface area (Å²) in [7, 11) is 1.93. The van der Waals surface area contributed by atoms with Gasteiger partial charge in [-0.25, -0.2) is 0 Å². The number of aromatic nitrogens is 2. The van der Waals surface area contributed by atoms with Crippen molar-refractivity contribution in [3.63, 3.8) is 0 Å². The highest BCUT2D eigenvalue weighted by molar-refractivity contribution is 6.34. The van der Waals surface area contributed by atoms with Gasteiger partial charge in [-0.3, -0.25) is 4.68 Å². The van der Waals surface area contributed by atoms with Gasteiger partial charge in [0.1, 0.15) is 5.15 Å². The first kappa shape index (κ1) is 11.4. The molecule has 0 fully saturated rings. The molecule has 1 aromatic carbocycles. The molecule has 0 aliphatic rings. The second-order valence-electron chi connectivity index (χ2n) is 4.17. The van der Waals surface area contributed by atoms with Gasteiger partial charge in [-0.15, -0.1) is 0 Å². The molecule has 1 heterocycles. The summed E-state index contributed by atoms with van der Waals surface area (Å²) in [5.41, 5.74) is 2.16. The Kier molecular flexibility index (Phi) is 3.17. The largest absolute Gasteiger partial charge is 0.316 e. The van der Waals surface area contributed by atoms with E-state index in [4.69, 9.17) is 11.6 Å². The molecule has 1 aromatic heterocycles. The van der Waals surface area contributed by atoms with Gasteiger partial charge in [0.25, 0.3) is 0 Å². The van der Waals surface area contributed by atoms with Crippen molar-refractivity contribution in [1.82, 2.24) is 15.1 Å². The molecule has 0 saturated heterocycles. The molecule has 0 amide bonds. The van der Waals surface area contributed by atoms with E-state index in [1.165, 1.54) is 5.56 Å². The summed E-state index contributed by atoms with van der Waals surface area (Å²) >= 11 is 6.37. The SMILES string of the molecule is CNCc1cccc2nn(C(C)C)c(Cl)c12. The van der Waals surface area contributed by atoms with Crippen LogP contribution >= 0.6 is 11.6 Å². The molecule has 0 unspecified atom stereocenters. The van der Waals surface area contributed by atoms with Gasteiger partial charge in [-0.05, 0) is 32.5 Å². The summed E-state index contributed by atoms with van der Waals surface area (Å²) in [6.45, 7) is 4.96. The number of hydrogen-bond donors (Lipinski definition) is 1. The monoisotopic (exact) mass is 237 g/mol. The minimum absolute atomic E-state index is 0.280. The van der Waals surface area contributed by atoms with Crippen LogP contribution in [0.3, 0.4) is 0 Å². The predicted molar refractivity (Wildman–Crippen MR) is 67.9 cm³/mol. The van der Waals surface area contributed by atoms with Crippen LogP contribution in [0.2, 0.25) is 5.15 Å². The standard InChI is InChI=1S/C12H16ClN3/c1-8(2)16-12(13)11-9(7-14-3)5-4-6-10(11)15-16/h4-6,8,14H,7H2,1-3H3. The van der Waals surface area contributed by atoms with E-state index in [2.05, 4.69) is 30.3 Å². The van der Waals surface area contributed by atoms with Gasteiger partial charge in [-0.2, -0.15) is 5.10 Å². The van der Waals surface area contributed by atoms with Crippen molar-refractivity contribution in [2.45, 2.75) is 26.4 Å². The highest BCUT2D eigenvalue weighted by atomic mass is 35.5. The quantitative estimate of drug-likeness (QED) is 0.890. The van der Waals surface area contributed by atoms with Crippen LogP contribution in [0.5, 0.6) is 0 Å². The Morgan fingerprint density at radius 2 is 2.19 bits per heavy atom. The molecule has 4 heteroatoms. The average molecular weight is 238 g/mol. The summed E-state index contributed by atoms with van der Waals surface area (Å²) < 4.78 is 1.87. The smallest absolute Gasteiger partial charge is 0.135 e. The van der Waals surface area contributed by atoms with Gasteiger partial charge in [0.05, 0.1) is 5.52 Å². The van der Waals surface area contributed by atoms with Gasteiger partial charge in [0, 0.05) is 18.0 Å². The van der Waals surface area contributed by atoms with Crippen LogP contribution in [0.1, 0.15) is 25.5 Å². The Bertz CT molecular complexity index is 502. The maximum Gasteiger partial charge on any atom is 0.135 e. The lowest BCUT2D eigenvalue weighted by Crippen LogP contribution is -2.05. The molecule has 0 bridgehead atoms. The van der Waals surface area contributed by atoms with Crippen molar-refractivity contribution < 1.29 is 0 Å². The Morgan fingerprint density at radius 1 is 1.44 bits per heavy atom. The molecule has 0 radical (unpaired) electrons. The van der Waals surface area contributed by atoms with Crippen molar-refractivity contribution in [2.24, 2.45) is 0 Å².